The molecule has 1 aromatic carbocycles. The Morgan fingerprint density at radius 1 is 1.45 bits per heavy atom. The molecule has 1 fully saturated rings. The van der Waals surface area contributed by atoms with Crippen molar-refractivity contribution in [2.75, 3.05) is 6.54 Å². The van der Waals surface area contributed by atoms with Crippen molar-refractivity contribution in [3.05, 3.63) is 34.9 Å². The average molecular weight is 295 g/mol. The molecule has 1 heterocycles. The third-order valence-electron chi connectivity index (χ3n) is 3.34. The number of benzene rings is 1. The molecule has 0 spiro atoms. The first kappa shape index (κ1) is 14.9. The van der Waals surface area contributed by atoms with Gasteiger partial charge in [-0.25, -0.2) is 0 Å². The Hall–Kier alpha value is -1.55. The van der Waals surface area contributed by atoms with Crippen molar-refractivity contribution in [3.8, 4) is 0 Å². The highest BCUT2D eigenvalue weighted by Crippen LogP contribution is 2.23. The van der Waals surface area contributed by atoms with Crippen molar-refractivity contribution in [3.63, 3.8) is 0 Å². The minimum absolute atomic E-state index is 0.00817. The first-order valence-corrected chi connectivity index (χ1v) is 7.16. The number of carbonyl (C=O) groups excluding carboxylic acids is 2. The number of amides is 2. The lowest BCUT2D eigenvalue weighted by atomic mass is 10.1. The van der Waals surface area contributed by atoms with Gasteiger partial charge in [-0.2, -0.15) is 0 Å². The van der Waals surface area contributed by atoms with Gasteiger partial charge in [0.1, 0.15) is 0 Å². The summed E-state index contributed by atoms with van der Waals surface area (Å²) in [6.07, 6.45) is 0.281. The van der Waals surface area contributed by atoms with E-state index in [-0.39, 0.29) is 30.2 Å². The van der Waals surface area contributed by atoms with Crippen molar-refractivity contribution in [1.82, 2.24) is 10.2 Å². The van der Waals surface area contributed by atoms with E-state index >= 15 is 0 Å². The second kappa shape index (κ2) is 6.27. The Bertz CT molecular complexity index is 516. The molecule has 1 N–H and O–H groups in total. The van der Waals surface area contributed by atoms with Gasteiger partial charge >= 0.3 is 0 Å². The average Bonchev–Trinajstić information content (AvgIpc) is 2.73. The highest BCUT2D eigenvalue weighted by molar-refractivity contribution is 6.31. The summed E-state index contributed by atoms with van der Waals surface area (Å²) in [6, 6.07) is 7.55. The molecule has 0 bridgehead atoms. The molecule has 0 aromatic heterocycles. The van der Waals surface area contributed by atoms with Gasteiger partial charge in [0, 0.05) is 30.6 Å². The Morgan fingerprint density at radius 3 is 2.80 bits per heavy atom. The van der Waals surface area contributed by atoms with Crippen LogP contribution in [0.1, 0.15) is 25.8 Å². The fourth-order valence-electron chi connectivity index (χ4n) is 2.34. The van der Waals surface area contributed by atoms with Gasteiger partial charge in [0.15, 0.2) is 0 Å². The molecule has 5 heteroatoms. The van der Waals surface area contributed by atoms with E-state index in [2.05, 4.69) is 5.32 Å². The molecule has 108 valence electrons. The third-order valence-corrected chi connectivity index (χ3v) is 3.70. The van der Waals surface area contributed by atoms with Crippen LogP contribution in [0.15, 0.2) is 24.3 Å². The predicted molar refractivity (Wildman–Crippen MR) is 78.3 cm³/mol. The van der Waals surface area contributed by atoms with Gasteiger partial charge in [-0.05, 0) is 25.5 Å². The number of halogens is 1. The maximum Gasteiger partial charge on any atom is 0.225 e. The Morgan fingerprint density at radius 2 is 2.15 bits per heavy atom. The zero-order chi connectivity index (χ0) is 14.7. The van der Waals surface area contributed by atoms with Crippen LogP contribution in [0.2, 0.25) is 5.02 Å². The van der Waals surface area contributed by atoms with E-state index < -0.39 is 0 Å². The Balaban J connectivity index is 2.00. The van der Waals surface area contributed by atoms with E-state index in [1.807, 2.05) is 32.0 Å². The second-order valence-corrected chi connectivity index (χ2v) is 5.84. The van der Waals surface area contributed by atoms with Gasteiger partial charge in [-0.15, -0.1) is 0 Å². The molecule has 1 atom stereocenters. The number of rotatable bonds is 4. The summed E-state index contributed by atoms with van der Waals surface area (Å²) in [5, 5.41) is 3.51. The third kappa shape index (κ3) is 3.51. The van der Waals surface area contributed by atoms with E-state index in [0.29, 0.717) is 18.1 Å². The maximum absolute atomic E-state index is 12.0. The summed E-state index contributed by atoms with van der Waals surface area (Å²) < 4.78 is 0. The molecule has 0 saturated carbocycles. The molecule has 1 unspecified atom stereocenters. The molecule has 1 aliphatic heterocycles. The molecule has 1 aliphatic rings. The van der Waals surface area contributed by atoms with Crippen molar-refractivity contribution in [2.24, 2.45) is 5.92 Å². The van der Waals surface area contributed by atoms with Gasteiger partial charge in [0.25, 0.3) is 0 Å². The number of hydrogen-bond acceptors (Lipinski definition) is 2. The minimum atomic E-state index is -0.257. The number of carbonyl (C=O) groups is 2. The summed E-state index contributed by atoms with van der Waals surface area (Å²) >= 11 is 6.10. The van der Waals surface area contributed by atoms with Crippen LogP contribution in [0.4, 0.5) is 0 Å². The molecule has 20 heavy (non-hydrogen) atoms. The van der Waals surface area contributed by atoms with E-state index in [1.165, 1.54) is 0 Å². The predicted octanol–water partition coefficient (Wildman–Crippen LogP) is 2.21. The minimum Gasteiger partial charge on any atom is -0.354 e. The van der Waals surface area contributed by atoms with E-state index in [1.54, 1.807) is 11.0 Å². The highest BCUT2D eigenvalue weighted by atomic mass is 35.5. The second-order valence-electron chi connectivity index (χ2n) is 5.43. The van der Waals surface area contributed by atoms with Gasteiger partial charge < -0.3 is 10.2 Å². The van der Waals surface area contributed by atoms with Crippen LogP contribution >= 0.6 is 11.6 Å². The summed E-state index contributed by atoms with van der Waals surface area (Å²) in [6.45, 7) is 4.75. The topological polar surface area (TPSA) is 49.4 Å². The normalized spacial score (nSPS) is 18.7. The van der Waals surface area contributed by atoms with Gasteiger partial charge in [-0.1, -0.05) is 29.8 Å². The van der Waals surface area contributed by atoms with E-state index in [0.717, 1.165) is 5.56 Å². The van der Waals surface area contributed by atoms with E-state index in [4.69, 9.17) is 11.6 Å². The maximum atomic E-state index is 12.0. The zero-order valence-corrected chi connectivity index (χ0v) is 12.5. The summed E-state index contributed by atoms with van der Waals surface area (Å²) in [5.41, 5.74) is 0.910. The summed E-state index contributed by atoms with van der Waals surface area (Å²) in [4.78, 5) is 25.6. The zero-order valence-electron chi connectivity index (χ0n) is 11.7. The largest absolute Gasteiger partial charge is 0.354 e. The molecular weight excluding hydrogens is 276 g/mol. The van der Waals surface area contributed by atoms with Crippen LogP contribution in [0, 0.1) is 5.92 Å². The van der Waals surface area contributed by atoms with Gasteiger partial charge in [-0.3, -0.25) is 9.59 Å². The van der Waals surface area contributed by atoms with E-state index in [9.17, 15) is 9.59 Å². The molecule has 2 rings (SSSR count). The Labute approximate surface area is 124 Å². The van der Waals surface area contributed by atoms with Crippen molar-refractivity contribution < 1.29 is 9.59 Å². The van der Waals surface area contributed by atoms with Gasteiger partial charge in [0.2, 0.25) is 11.8 Å². The number of nitrogens with zero attached hydrogens (tertiary/aromatic N) is 1. The number of nitrogens with one attached hydrogen (secondary N) is 1. The van der Waals surface area contributed by atoms with Crippen LogP contribution in [0.25, 0.3) is 0 Å². The van der Waals surface area contributed by atoms with Crippen LogP contribution in [-0.2, 0) is 16.1 Å². The number of likely N-dealkylation sites (tertiary alicyclic amines) is 1. The lowest BCUT2D eigenvalue weighted by Crippen LogP contribution is -2.36. The van der Waals surface area contributed by atoms with Crippen LogP contribution in [0.5, 0.6) is 0 Å². The van der Waals surface area contributed by atoms with Crippen molar-refractivity contribution >= 4 is 23.4 Å². The van der Waals surface area contributed by atoms with Crippen LogP contribution in [-0.4, -0.2) is 29.3 Å². The fourth-order valence-corrected chi connectivity index (χ4v) is 2.53. The Kier molecular flexibility index (Phi) is 4.65. The molecule has 1 aromatic rings. The molecular formula is C15H19ClN2O2. The van der Waals surface area contributed by atoms with Crippen LogP contribution in [0.3, 0.4) is 0 Å². The fraction of sp³-hybridized carbons (Fsp3) is 0.467. The smallest absolute Gasteiger partial charge is 0.225 e. The van der Waals surface area contributed by atoms with Crippen molar-refractivity contribution in [2.45, 2.75) is 32.9 Å². The highest BCUT2D eigenvalue weighted by Gasteiger charge is 2.34. The lowest BCUT2D eigenvalue weighted by Gasteiger charge is -2.18. The monoisotopic (exact) mass is 294 g/mol. The quantitative estimate of drug-likeness (QED) is 0.925. The molecule has 2 amide bonds. The first-order chi connectivity index (χ1) is 9.47. The molecule has 1 saturated heterocycles. The lowest BCUT2D eigenvalue weighted by molar-refractivity contribution is -0.129. The first-order valence-electron chi connectivity index (χ1n) is 6.79. The molecule has 0 radical (unpaired) electrons. The van der Waals surface area contributed by atoms with Gasteiger partial charge in [0.05, 0.1) is 5.92 Å². The SMILES string of the molecule is CC(C)NC(=O)C1CC(=O)N(Cc2ccccc2Cl)C1. The van der Waals surface area contributed by atoms with Crippen LogP contribution < -0.4 is 5.32 Å². The van der Waals surface area contributed by atoms with Crippen molar-refractivity contribution in [1.29, 1.82) is 0 Å². The molecule has 4 nitrogen and oxygen atoms in total. The standard InChI is InChI=1S/C15H19ClN2O2/c1-10(2)17-15(20)12-7-14(19)18(9-12)8-11-5-3-4-6-13(11)16/h3-6,10,12H,7-9H2,1-2H3,(H,17,20). The summed E-state index contributed by atoms with van der Waals surface area (Å²) in [5.74, 6) is -0.295. The number of hydrogen-bond donors (Lipinski definition) is 1. The molecule has 0 aliphatic carbocycles. The summed E-state index contributed by atoms with van der Waals surface area (Å²) in [7, 11) is 0.